The minimum atomic E-state index is -0.650. The molecule has 3 amide bonds. The van der Waals surface area contributed by atoms with Gasteiger partial charge in [0.2, 0.25) is 5.76 Å². The highest BCUT2D eigenvalue weighted by Gasteiger charge is 2.34. The average molecular weight is 481 g/mol. The van der Waals surface area contributed by atoms with Gasteiger partial charge in [-0.25, -0.2) is 9.59 Å². The summed E-state index contributed by atoms with van der Waals surface area (Å²) in [7, 11) is 1.23. The minimum Gasteiger partial charge on any atom is -0.488 e. The van der Waals surface area contributed by atoms with E-state index in [9.17, 15) is 14.4 Å². The standard InChI is InChI=1S/C25H21ClN2O6/c1-15-4-3-5-16(10-15)14-33-21-8-6-18(26)11-17(21)12-20-23(29)28(25(31)27-20)13-19-7-9-22(34-19)24(30)32-2/h3-12H,13-14H2,1-2H3,(H,27,31). The number of amides is 3. The van der Waals surface area contributed by atoms with E-state index in [1.165, 1.54) is 25.3 Å². The zero-order valence-electron chi connectivity index (χ0n) is 18.5. The van der Waals surface area contributed by atoms with Gasteiger partial charge in [-0.2, -0.15) is 0 Å². The van der Waals surface area contributed by atoms with Crippen molar-refractivity contribution < 1.29 is 28.3 Å². The minimum absolute atomic E-state index is 0.0188. The Morgan fingerprint density at radius 1 is 1.15 bits per heavy atom. The van der Waals surface area contributed by atoms with Gasteiger partial charge in [0.1, 0.15) is 23.8 Å². The lowest BCUT2D eigenvalue weighted by Crippen LogP contribution is -2.30. The Labute approximate surface area is 200 Å². The summed E-state index contributed by atoms with van der Waals surface area (Å²) in [4.78, 5) is 37.9. The first kappa shape index (κ1) is 23.1. The number of carbonyl (C=O) groups is 3. The van der Waals surface area contributed by atoms with Crippen LogP contribution in [0.3, 0.4) is 0 Å². The number of furan rings is 1. The van der Waals surface area contributed by atoms with E-state index in [-0.39, 0.29) is 23.8 Å². The van der Waals surface area contributed by atoms with E-state index in [0.717, 1.165) is 16.0 Å². The predicted octanol–water partition coefficient (Wildman–Crippen LogP) is 4.70. The molecule has 1 aliphatic heterocycles. The van der Waals surface area contributed by atoms with Gasteiger partial charge in [0.15, 0.2) is 0 Å². The van der Waals surface area contributed by atoms with Crippen LogP contribution in [0.2, 0.25) is 5.02 Å². The largest absolute Gasteiger partial charge is 0.488 e. The summed E-state index contributed by atoms with van der Waals surface area (Å²) >= 11 is 6.16. The lowest BCUT2D eigenvalue weighted by atomic mass is 10.1. The first-order valence-corrected chi connectivity index (χ1v) is 10.7. The van der Waals surface area contributed by atoms with Gasteiger partial charge in [0.05, 0.1) is 13.7 Å². The van der Waals surface area contributed by atoms with Crippen molar-refractivity contribution in [2.75, 3.05) is 7.11 Å². The number of hydrogen-bond acceptors (Lipinski definition) is 6. The van der Waals surface area contributed by atoms with Crippen molar-refractivity contribution in [1.29, 1.82) is 0 Å². The maximum absolute atomic E-state index is 12.9. The van der Waals surface area contributed by atoms with Crippen LogP contribution in [0.1, 0.15) is 33.0 Å². The molecule has 9 heteroatoms. The monoisotopic (exact) mass is 480 g/mol. The van der Waals surface area contributed by atoms with Gasteiger partial charge in [-0.15, -0.1) is 0 Å². The van der Waals surface area contributed by atoms with E-state index in [2.05, 4.69) is 10.1 Å². The molecule has 0 bridgehead atoms. The first-order valence-electron chi connectivity index (χ1n) is 10.3. The highest BCUT2D eigenvalue weighted by Crippen LogP contribution is 2.28. The molecule has 0 saturated carbocycles. The van der Waals surface area contributed by atoms with E-state index < -0.39 is 17.9 Å². The number of benzene rings is 2. The number of halogens is 1. The molecule has 8 nitrogen and oxygen atoms in total. The third kappa shape index (κ3) is 5.13. The zero-order chi connectivity index (χ0) is 24.2. The van der Waals surface area contributed by atoms with Crippen LogP contribution in [0.4, 0.5) is 4.79 Å². The fourth-order valence-electron chi connectivity index (χ4n) is 3.43. The number of ether oxygens (including phenoxy) is 2. The molecule has 3 aromatic rings. The van der Waals surface area contributed by atoms with E-state index >= 15 is 0 Å². The fraction of sp³-hybridized carbons (Fsp3) is 0.160. The SMILES string of the molecule is COC(=O)c1ccc(CN2C(=O)NC(=Cc3cc(Cl)ccc3OCc3cccc(C)c3)C2=O)o1. The van der Waals surface area contributed by atoms with Crippen molar-refractivity contribution in [1.82, 2.24) is 10.2 Å². The normalized spacial score (nSPS) is 14.4. The summed E-state index contributed by atoms with van der Waals surface area (Å²) in [5.41, 5.74) is 2.72. The summed E-state index contributed by atoms with van der Waals surface area (Å²) in [6, 6.07) is 15.3. The lowest BCUT2D eigenvalue weighted by molar-refractivity contribution is -0.123. The van der Waals surface area contributed by atoms with Crippen LogP contribution in [0, 0.1) is 6.92 Å². The van der Waals surface area contributed by atoms with Crippen LogP contribution in [0.5, 0.6) is 5.75 Å². The Morgan fingerprint density at radius 3 is 2.74 bits per heavy atom. The van der Waals surface area contributed by atoms with Gasteiger partial charge in [0, 0.05) is 10.6 Å². The number of methoxy groups -OCH3 is 1. The van der Waals surface area contributed by atoms with Crippen LogP contribution in [-0.4, -0.2) is 29.9 Å². The maximum Gasteiger partial charge on any atom is 0.373 e. The molecular formula is C25H21ClN2O6. The molecule has 2 heterocycles. The smallest absolute Gasteiger partial charge is 0.373 e. The van der Waals surface area contributed by atoms with Gasteiger partial charge < -0.3 is 19.2 Å². The molecule has 1 saturated heterocycles. The summed E-state index contributed by atoms with van der Waals surface area (Å²) in [5, 5.41) is 3.01. The van der Waals surface area contributed by atoms with Crippen molar-refractivity contribution in [3.05, 3.63) is 93.5 Å². The van der Waals surface area contributed by atoms with Gasteiger partial charge in [0.25, 0.3) is 5.91 Å². The second kappa shape index (κ2) is 9.84. The third-order valence-corrected chi connectivity index (χ3v) is 5.31. The van der Waals surface area contributed by atoms with Gasteiger partial charge >= 0.3 is 12.0 Å². The van der Waals surface area contributed by atoms with Crippen LogP contribution < -0.4 is 10.1 Å². The van der Waals surface area contributed by atoms with E-state index in [0.29, 0.717) is 22.9 Å². The molecule has 1 N–H and O–H groups in total. The van der Waals surface area contributed by atoms with Crippen molar-refractivity contribution >= 4 is 35.6 Å². The Hall–Kier alpha value is -4.04. The Balaban J connectivity index is 1.52. The van der Waals surface area contributed by atoms with E-state index in [4.69, 9.17) is 20.8 Å². The Kier molecular flexibility index (Phi) is 6.70. The van der Waals surface area contributed by atoms with Crippen LogP contribution in [0.25, 0.3) is 6.08 Å². The third-order valence-electron chi connectivity index (χ3n) is 5.07. The summed E-state index contributed by atoms with van der Waals surface area (Å²) < 4.78 is 15.9. The molecule has 1 aliphatic rings. The van der Waals surface area contributed by atoms with Crippen LogP contribution in [-0.2, 0) is 22.7 Å². The van der Waals surface area contributed by atoms with Gasteiger partial charge in [-0.1, -0.05) is 41.4 Å². The summed E-state index contributed by atoms with van der Waals surface area (Å²) in [6.07, 6.45) is 1.51. The molecule has 2 aromatic carbocycles. The lowest BCUT2D eigenvalue weighted by Gasteiger charge is -2.11. The first-order chi connectivity index (χ1) is 16.3. The molecule has 174 valence electrons. The van der Waals surface area contributed by atoms with E-state index in [1.54, 1.807) is 18.2 Å². The number of esters is 1. The number of urea groups is 1. The molecule has 1 fully saturated rings. The Bertz CT molecular complexity index is 1300. The number of nitrogens with zero attached hydrogens (tertiary/aromatic N) is 1. The fourth-order valence-corrected chi connectivity index (χ4v) is 3.61. The number of imide groups is 1. The predicted molar refractivity (Wildman–Crippen MR) is 124 cm³/mol. The second-order valence-corrected chi connectivity index (χ2v) is 8.03. The van der Waals surface area contributed by atoms with Crippen LogP contribution >= 0.6 is 11.6 Å². The number of carbonyl (C=O) groups excluding carboxylic acids is 3. The van der Waals surface area contributed by atoms with Crippen molar-refractivity contribution in [3.8, 4) is 5.75 Å². The van der Waals surface area contributed by atoms with Crippen molar-refractivity contribution in [2.24, 2.45) is 0 Å². The zero-order valence-corrected chi connectivity index (χ0v) is 19.2. The molecule has 0 radical (unpaired) electrons. The van der Waals surface area contributed by atoms with Crippen molar-refractivity contribution in [3.63, 3.8) is 0 Å². The summed E-state index contributed by atoms with van der Waals surface area (Å²) in [5.74, 6) is -0.453. The van der Waals surface area contributed by atoms with E-state index in [1.807, 2.05) is 31.2 Å². The number of aryl methyl sites for hydroxylation is 1. The molecule has 1 aromatic heterocycles. The molecule has 0 spiro atoms. The van der Waals surface area contributed by atoms with Gasteiger partial charge in [-0.3, -0.25) is 9.69 Å². The molecule has 4 rings (SSSR count). The number of nitrogens with one attached hydrogen (secondary N) is 1. The highest BCUT2D eigenvalue weighted by molar-refractivity contribution is 6.30. The molecule has 34 heavy (non-hydrogen) atoms. The summed E-state index contributed by atoms with van der Waals surface area (Å²) in [6.45, 7) is 2.18. The topological polar surface area (TPSA) is 98.1 Å². The van der Waals surface area contributed by atoms with Gasteiger partial charge in [-0.05, 0) is 48.9 Å². The maximum atomic E-state index is 12.9. The molecule has 0 aliphatic carbocycles. The second-order valence-electron chi connectivity index (χ2n) is 7.60. The molecule has 0 unspecified atom stereocenters. The van der Waals surface area contributed by atoms with Crippen LogP contribution in [0.15, 0.2) is 64.7 Å². The average Bonchev–Trinajstić information content (AvgIpc) is 3.38. The van der Waals surface area contributed by atoms with Crippen molar-refractivity contribution in [2.45, 2.75) is 20.1 Å². The molecular weight excluding hydrogens is 460 g/mol. The quantitative estimate of drug-likeness (QED) is 0.299. The number of hydrogen-bond donors (Lipinski definition) is 1. The molecule has 0 atom stereocenters. The number of rotatable bonds is 7. The highest BCUT2D eigenvalue weighted by atomic mass is 35.5. The Morgan fingerprint density at radius 2 is 1.97 bits per heavy atom.